The van der Waals surface area contributed by atoms with Crippen LogP contribution in [0.4, 0.5) is 0 Å². The monoisotopic (exact) mass is 290 g/mol. The summed E-state index contributed by atoms with van der Waals surface area (Å²) < 4.78 is 10.4. The highest BCUT2D eigenvalue weighted by atomic mass is 16.7. The average molecular weight is 290 g/mol. The van der Waals surface area contributed by atoms with E-state index in [1.165, 1.54) is 0 Å². The molecule has 2 aliphatic heterocycles. The van der Waals surface area contributed by atoms with Gasteiger partial charge in [0.05, 0.1) is 6.61 Å². The standard InChI is InChI=1S/C14H14N2O5/c17-12-4-3-10(14(19)16-12)15-13(18)8-1-2-9-6-20-7-21-11(9)5-8/h1-2,5,10H,3-4,6-7H2,(H,15,18)(H,16,17,19). The maximum absolute atomic E-state index is 12.2. The Kier molecular flexibility index (Phi) is 3.57. The molecule has 1 saturated heterocycles. The summed E-state index contributed by atoms with van der Waals surface area (Å²) in [5, 5.41) is 4.82. The Morgan fingerprint density at radius 1 is 1.33 bits per heavy atom. The van der Waals surface area contributed by atoms with Gasteiger partial charge in [0.15, 0.2) is 6.79 Å². The van der Waals surface area contributed by atoms with Gasteiger partial charge in [-0.3, -0.25) is 19.7 Å². The number of imide groups is 1. The number of amides is 3. The number of carbonyl (C=O) groups is 3. The van der Waals surface area contributed by atoms with Gasteiger partial charge in [-0.2, -0.15) is 0 Å². The maximum Gasteiger partial charge on any atom is 0.252 e. The first-order chi connectivity index (χ1) is 10.1. The molecule has 3 rings (SSSR count). The van der Waals surface area contributed by atoms with Crippen LogP contribution in [-0.2, 0) is 20.9 Å². The Hall–Kier alpha value is -2.41. The van der Waals surface area contributed by atoms with E-state index in [1.54, 1.807) is 18.2 Å². The molecule has 21 heavy (non-hydrogen) atoms. The second-order valence-electron chi connectivity index (χ2n) is 4.91. The molecule has 1 aromatic carbocycles. The number of piperidine rings is 1. The van der Waals surface area contributed by atoms with Crippen LogP contribution in [0.3, 0.4) is 0 Å². The van der Waals surface area contributed by atoms with Crippen molar-refractivity contribution in [3.8, 4) is 5.75 Å². The van der Waals surface area contributed by atoms with Crippen molar-refractivity contribution in [2.45, 2.75) is 25.5 Å². The van der Waals surface area contributed by atoms with Crippen LogP contribution in [0.5, 0.6) is 5.75 Å². The SMILES string of the molecule is O=C1CCC(NC(=O)c2ccc3c(c2)OCOC3)C(=O)N1. The van der Waals surface area contributed by atoms with Crippen LogP contribution in [0.15, 0.2) is 18.2 Å². The van der Waals surface area contributed by atoms with E-state index < -0.39 is 11.9 Å². The van der Waals surface area contributed by atoms with Crippen molar-refractivity contribution in [2.75, 3.05) is 6.79 Å². The highest BCUT2D eigenvalue weighted by Crippen LogP contribution is 2.24. The topological polar surface area (TPSA) is 93.7 Å². The first-order valence-electron chi connectivity index (χ1n) is 6.61. The molecule has 1 fully saturated rings. The minimum atomic E-state index is -0.685. The smallest absolute Gasteiger partial charge is 0.252 e. The Bertz CT molecular complexity index is 613. The Morgan fingerprint density at radius 3 is 3.00 bits per heavy atom. The van der Waals surface area contributed by atoms with E-state index in [9.17, 15) is 14.4 Å². The molecule has 2 N–H and O–H groups in total. The quantitative estimate of drug-likeness (QED) is 0.753. The van der Waals surface area contributed by atoms with Crippen LogP contribution < -0.4 is 15.4 Å². The molecule has 7 nitrogen and oxygen atoms in total. The van der Waals surface area contributed by atoms with Gasteiger partial charge in [-0.15, -0.1) is 0 Å². The molecular weight excluding hydrogens is 276 g/mol. The molecule has 1 aromatic rings. The molecule has 2 aliphatic rings. The second-order valence-corrected chi connectivity index (χ2v) is 4.91. The summed E-state index contributed by atoms with van der Waals surface area (Å²) in [5.41, 5.74) is 1.28. The van der Waals surface area contributed by atoms with Crippen LogP contribution in [-0.4, -0.2) is 30.6 Å². The minimum absolute atomic E-state index is 0.158. The maximum atomic E-state index is 12.2. The highest BCUT2D eigenvalue weighted by molar-refractivity contribution is 6.03. The lowest BCUT2D eigenvalue weighted by atomic mass is 10.0. The lowest BCUT2D eigenvalue weighted by molar-refractivity contribution is -0.134. The van der Waals surface area contributed by atoms with Gasteiger partial charge in [0, 0.05) is 17.5 Å². The summed E-state index contributed by atoms with van der Waals surface area (Å²) in [5.74, 6) is -0.547. The van der Waals surface area contributed by atoms with E-state index in [4.69, 9.17) is 9.47 Å². The van der Waals surface area contributed by atoms with Gasteiger partial charge in [-0.1, -0.05) is 6.07 Å². The molecule has 3 amide bonds. The van der Waals surface area contributed by atoms with Crippen molar-refractivity contribution < 1.29 is 23.9 Å². The molecule has 0 aliphatic carbocycles. The van der Waals surface area contributed by atoms with Crippen LogP contribution in [0.2, 0.25) is 0 Å². The molecule has 0 aromatic heterocycles. The van der Waals surface area contributed by atoms with Gasteiger partial charge >= 0.3 is 0 Å². The Morgan fingerprint density at radius 2 is 2.19 bits per heavy atom. The summed E-state index contributed by atoms with van der Waals surface area (Å²) in [6, 6.07) is 4.35. The number of benzene rings is 1. The van der Waals surface area contributed by atoms with Gasteiger partial charge < -0.3 is 14.8 Å². The zero-order valence-corrected chi connectivity index (χ0v) is 11.2. The molecule has 110 valence electrons. The number of hydrogen-bond acceptors (Lipinski definition) is 5. The van der Waals surface area contributed by atoms with Gasteiger partial charge in [-0.05, 0) is 18.6 Å². The molecular formula is C14H14N2O5. The largest absolute Gasteiger partial charge is 0.467 e. The van der Waals surface area contributed by atoms with Gasteiger partial charge in [0.1, 0.15) is 11.8 Å². The average Bonchev–Trinajstić information content (AvgIpc) is 2.49. The molecule has 7 heteroatoms. The third kappa shape index (κ3) is 2.87. The number of carbonyl (C=O) groups excluding carboxylic acids is 3. The van der Waals surface area contributed by atoms with E-state index in [0.29, 0.717) is 24.3 Å². The van der Waals surface area contributed by atoms with Crippen molar-refractivity contribution in [1.82, 2.24) is 10.6 Å². The fourth-order valence-corrected chi connectivity index (χ4v) is 2.28. The third-order valence-corrected chi connectivity index (χ3v) is 3.43. The molecule has 0 radical (unpaired) electrons. The first kappa shape index (κ1) is 13.6. The van der Waals surface area contributed by atoms with Gasteiger partial charge in [0.2, 0.25) is 11.8 Å². The highest BCUT2D eigenvalue weighted by Gasteiger charge is 2.28. The summed E-state index contributed by atoms with van der Waals surface area (Å²) in [6.45, 7) is 0.607. The predicted octanol–water partition coefficient (Wildman–Crippen LogP) is 0.0881. The normalized spacial score (nSPS) is 21.0. The van der Waals surface area contributed by atoms with E-state index in [2.05, 4.69) is 10.6 Å². The first-order valence-corrected chi connectivity index (χ1v) is 6.61. The molecule has 1 unspecified atom stereocenters. The number of rotatable bonds is 2. The lowest BCUT2D eigenvalue weighted by Gasteiger charge is -2.22. The Balaban J connectivity index is 1.70. The fourth-order valence-electron chi connectivity index (χ4n) is 2.28. The van der Waals surface area contributed by atoms with E-state index in [-0.39, 0.29) is 25.0 Å². The lowest BCUT2D eigenvalue weighted by Crippen LogP contribution is -2.52. The molecule has 0 spiro atoms. The van der Waals surface area contributed by atoms with Crippen LogP contribution in [0.25, 0.3) is 0 Å². The van der Waals surface area contributed by atoms with Crippen molar-refractivity contribution >= 4 is 17.7 Å². The molecule has 0 bridgehead atoms. The summed E-state index contributed by atoms with van der Waals surface area (Å²) >= 11 is 0. The van der Waals surface area contributed by atoms with Crippen LogP contribution >= 0.6 is 0 Å². The van der Waals surface area contributed by atoms with E-state index in [1.807, 2.05) is 0 Å². The molecule has 0 saturated carbocycles. The molecule has 1 atom stereocenters. The summed E-state index contributed by atoms with van der Waals surface area (Å²) in [7, 11) is 0. The fraction of sp³-hybridized carbons (Fsp3) is 0.357. The number of ether oxygens (including phenoxy) is 2. The second kappa shape index (κ2) is 5.53. The van der Waals surface area contributed by atoms with Crippen molar-refractivity contribution in [2.24, 2.45) is 0 Å². The zero-order valence-electron chi connectivity index (χ0n) is 11.2. The number of nitrogens with one attached hydrogen (secondary N) is 2. The minimum Gasteiger partial charge on any atom is -0.467 e. The molecule has 2 heterocycles. The third-order valence-electron chi connectivity index (χ3n) is 3.43. The van der Waals surface area contributed by atoms with Crippen LogP contribution in [0, 0.1) is 0 Å². The summed E-state index contributed by atoms with van der Waals surface area (Å²) in [6.07, 6.45) is 0.535. The van der Waals surface area contributed by atoms with Gasteiger partial charge in [0.25, 0.3) is 5.91 Å². The van der Waals surface area contributed by atoms with E-state index >= 15 is 0 Å². The van der Waals surface area contributed by atoms with E-state index in [0.717, 1.165) is 5.56 Å². The predicted molar refractivity (Wildman–Crippen MR) is 70.4 cm³/mol. The van der Waals surface area contributed by atoms with Gasteiger partial charge in [-0.25, -0.2) is 0 Å². The number of hydrogen-bond donors (Lipinski definition) is 2. The zero-order chi connectivity index (χ0) is 14.8. The van der Waals surface area contributed by atoms with Crippen molar-refractivity contribution in [3.63, 3.8) is 0 Å². The summed E-state index contributed by atoms with van der Waals surface area (Å²) in [4.78, 5) is 34.8. The van der Waals surface area contributed by atoms with Crippen molar-refractivity contribution in [3.05, 3.63) is 29.3 Å². The van der Waals surface area contributed by atoms with Crippen LogP contribution in [0.1, 0.15) is 28.8 Å². The Labute approximate surface area is 120 Å². The number of fused-ring (bicyclic) bond motifs is 1. The van der Waals surface area contributed by atoms with Crippen molar-refractivity contribution in [1.29, 1.82) is 0 Å².